The van der Waals surface area contributed by atoms with Crippen molar-refractivity contribution in [1.29, 1.82) is 0 Å². The Morgan fingerprint density at radius 2 is 1.81 bits per heavy atom. The van der Waals surface area contributed by atoms with Crippen molar-refractivity contribution in [1.82, 2.24) is 10.4 Å². The van der Waals surface area contributed by atoms with Crippen LogP contribution in [-0.2, 0) is 0 Å². The minimum absolute atomic E-state index is 0.215. The number of fused-ring (bicyclic) bond motifs is 4. The highest BCUT2D eigenvalue weighted by Crippen LogP contribution is 2.50. The molecule has 3 nitrogen and oxygen atoms in total. The number of hydrazine groups is 1. The van der Waals surface area contributed by atoms with Crippen LogP contribution in [0.2, 0.25) is 0 Å². The zero-order valence-electron chi connectivity index (χ0n) is 14.9. The molecule has 0 bridgehead atoms. The number of hydrogen-bond donors (Lipinski definition) is 1. The van der Waals surface area contributed by atoms with E-state index in [9.17, 15) is 0 Å². The molecule has 0 saturated heterocycles. The van der Waals surface area contributed by atoms with E-state index in [0.717, 1.165) is 29.0 Å². The van der Waals surface area contributed by atoms with Crippen molar-refractivity contribution < 1.29 is 4.74 Å². The van der Waals surface area contributed by atoms with Crippen LogP contribution in [0.5, 0.6) is 5.75 Å². The Kier molecular flexibility index (Phi) is 3.87. The number of ether oxygens (including phenoxy) is 1. The fraction of sp³-hybridized carbons (Fsp3) is 0.364. The third kappa shape index (κ3) is 2.58. The van der Waals surface area contributed by atoms with E-state index in [1.165, 1.54) is 29.7 Å². The normalized spacial score (nSPS) is 30.2. The molecule has 5 rings (SSSR count). The van der Waals surface area contributed by atoms with Gasteiger partial charge < -0.3 is 10.2 Å². The lowest BCUT2D eigenvalue weighted by Crippen LogP contribution is -2.60. The molecule has 2 heterocycles. The van der Waals surface area contributed by atoms with E-state index in [1.54, 1.807) is 0 Å². The van der Waals surface area contributed by atoms with Crippen molar-refractivity contribution in [3.63, 3.8) is 0 Å². The first-order valence-electron chi connectivity index (χ1n) is 9.46. The smallest absolute Gasteiger partial charge is 0.180 e. The van der Waals surface area contributed by atoms with Crippen molar-refractivity contribution in [3.8, 4) is 5.75 Å². The minimum Gasteiger partial charge on any atom is -0.471 e. The van der Waals surface area contributed by atoms with E-state index in [4.69, 9.17) is 4.74 Å². The quantitative estimate of drug-likeness (QED) is 0.656. The number of hydrogen-bond acceptors (Lipinski definition) is 3. The van der Waals surface area contributed by atoms with Crippen molar-refractivity contribution >= 4 is 21.6 Å². The van der Waals surface area contributed by atoms with Gasteiger partial charge in [-0.3, -0.25) is 0 Å². The van der Waals surface area contributed by atoms with E-state index in [2.05, 4.69) is 87.9 Å². The Bertz CT molecular complexity index is 853. The standard InChI is InChI=1S/C22H23BrN2O/c1-15-10-12-22(13-11-15)25-20(18-4-2-3-5-21(18)26-22)14-19(24-25)16-6-8-17(23)9-7-16/h2-9,14-15,20,24H,10-13H2,1H3/t15?,20-,22?/m1/s1. The van der Waals surface area contributed by atoms with Crippen molar-refractivity contribution in [2.24, 2.45) is 5.92 Å². The summed E-state index contributed by atoms with van der Waals surface area (Å²) in [6.07, 6.45) is 6.90. The van der Waals surface area contributed by atoms with E-state index >= 15 is 0 Å². The van der Waals surface area contributed by atoms with E-state index in [-0.39, 0.29) is 11.8 Å². The SMILES string of the molecule is CC1CCC2(CC1)Oc1ccccc1[C@H]1C=C(c3ccc(Br)cc3)NN12. The molecule has 4 heteroatoms. The van der Waals surface area contributed by atoms with Crippen LogP contribution in [0.4, 0.5) is 0 Å². The predicted molar refractivity (Wildman–Crippen MR) is 107 cm³/mol. The van der Waals surface area contributed by atoms with Gasteiger partial charge in [0.25, 0.3) is 0 Å². The van der Waals surface area contributed by atoms with Gasteiger partial charge in [0.05, 0.1) is 11.7 Å². The van der Waals surface area contributed by atoms with Gasteiger partial charge in [-0.1, -0.05) is 53.2 Å². The van der Waals surface area contributed by atoms with Crippen LogP contribution in [0.3, 0.4) is 0 Å². The van der Waals surface area contributed by atoms with Crippen LogP contribution in [0.15, 0.2) is 59.1 Å². The summed E-state index contributed by atoms with van der Waals surface area (Å²) in [5.74, 6) is 1.82. The van der Waals surface area contributed by atoms with Crippen molar-refractivity contribution in [3.05, 3.63) is 70.2 Å². The fourth-order valence-corrected chi connectivity index (χ4v) is 4.74. The molecule has 0 amide bonds. The predicted octanol–water partition coefficient (Wildman–Crippen LogP) is 5.65. The first-order valence-corrected chi connectivity index (χ1v) is 10.3. The second-order valence-electron chi connectivity index (χ2n) is 7.78. The lowest BCUT2D eigenvalue weighted by molar-refractivity contribution is -0.155. The summed E-state index contributed by atoms with van der Waals surface area (Å²) in [5, 5.41) is 2.37. The summed E-state index contributed by atoms with van der Waals surface area (Å²) in [4.78, 5) is 0. The van der Waals surface area contributed by atoms with Gasteiger partial charge in [-0.15, -0.1) is 0 Å². The number of nitrogens with one attached hydrogen (secondary N) is 1. The summed E-state index contributed by atoms with van der Waals surface area (Å²) < 4.78 is 7.75. The Labute approximate surface area is 163 Å². The molecule has 0 unspecified atom stereocenters. The highest BCUT2D eigenvalue weighted by Gasteiger charge is 2.51. The zero-order valence-corrected chi connectivity index (χ0v) is 16.5. The lowest BCUT2D eigenvalue weighted by Gasteiger charge is -2.51. The largest absolute Gasteiger partial charge is 0.471 e. The number of para-hydroxylation sites is 1. The van der Waals surface area contributed by atoms with Crippen LogP contribution < -0.4 is 10.2 Å². The molecule has 2 aromatic carbocycles. The van der Waals surface area contributed by atoms with Gasteiger partial charge in [0, 0.05) is 22.9 Å². The molecule has 26 heavy (non-hydrogen) atoms. The molecule has 3 aliphatic rings. The molecule has 134 valence electrons. The first-order chi connectivity index (χ1) is 12.6. The molecule has 2 aromatic rings. The molecule has 1 N–H and O–H groups in total. The molecule has 1 fully saturated rings. The monoisotopic (exact) mass is 410 g/mol. The Hall–Kier alpha value is -1.78. The molecule has 1 atom stereocenters. The Balaban J connectivity index is 1.56. The molecule has 1 aliphatic carbocycles. The summed E-state index contributed by atoms with van der Waals surface area (Å²) in [5.41, 5.74) is 7.07. The molecular weight excluding hydrogens is 388 g/mol. The maximum absolute atomic E-state index is 6.65. The van der Waals surface area contributed by atoms with E-state index in [1.807, 2.05) is 0 Å². The summed E-state index contributed by atoms with van der Waals surface area (Å²) in [7, 11) is 0. The van der Waals surface area contributed by atoms with Crippen LogP contribution >= 0.6 is 15.9 Å². The van der Waals surface area contributed by atoms with E-state index in [0.29, 0.717) is 0 Å². The van der Waals surface area contributed by atoms with Crippen LogP contribution in [0, 0.1) is 5.92 Å². The minimum atomic E-state index is -0.251. The molecule has 0 radical (unpaired) electrons. The second kappa shape index (κ2) is 6.14. The number of rotatable bonds is 1. The van der Waals surface area contributed by atoms with Crippen molar-refractivity contribution in [2.45, 2.75) is 44.4 Å². The molecule has 1 saturated carbocycles. The van der Waals surface area contributed by atoms with Gasteiger partial charge in [0.2, 0.25) is 0 Å². The summed E-state index contributed by atoms with van der Waals surface area (Å²) >= 11 is 3.53. The molecule has 1 spiro atoms. The van der Waals surface area contributed by atoms with Crippen LogP contribution in [0.25, 0.3) is 5.70 Å². The average Bonchev–Trinajstić information content (AvgIpc) is 3.12. The van der Waals surface area contributed by atoms with Crippen LogP contribution in [-0.4, -0.2) is 10.7 Å². The average molecular weight is 411 g/mol. The highest BCUT2D eigenvalue weighted by molar-refractivity contribution is 9.10. The zero-order chi connectivity index (χ0) is 17.7. The van der Waals surface area contributed by atoms with Gasteiger partial charge >= 0.3 is 0 Å². The summed E-state index contributed by atoms with van der Waals surface area (Å²) in [6.45, 7) is 2.35. The molecular formula is C22H23BrN2O. The van der Waals surface area contributed by atoms with Gasteiger partial charge in [-0.2, -0.15) is 5.01 Å². The third-order valence-corrected chi connectivity index (χ3v) is 6.56. The maximum Gasteiger partial charge on any atom is 0.180 e. The van der Waals surface area contributed by atoms with Gasteiger partial charge in [-0.05, 0) is 48.6 Å². The Morgan fingerprint density at radius 3 is 2.58 bits per heavy atom. The summed E-state index contributed by atoms with van der Waals surface area (Å²) in [6, 6.07) is 17.2. The Morgan fingerprint density at radius 1 is 1.08 bits per heavy atom. The number of nitrogens with zero attached hydrogens (tertiary/aromatic N) is 1. The molecule has 2 aliphatic heterocycles. The molecule has 0 aromatic heterocycles. The van der Waals surface area contributed by atoms with E-state index < -0.39 is 0 Å². The fourth-order valence-electron chi connectivity index (χ4n) is 4.47. The van der Waals surface area contributed by atoms with Gasteiger partial charge in [0.1, 0.15) is 5.75 Å². The first kappa shape index (κ1) is 16.4. The highest BCUT2D eigenvalue weighted by atomic mass is 79.9. The van der Waals surface area contributed by atoms with Gasteiger partial charge in [-0.25, -0.2) is 0 Å². The second-order valence-corrected chi connectivity index (χ2v) is 8.70. The number of benzene rings is 2. The third-order valence-electron chi connectivity index (χ3n) is 6.03. The maximum atomic E-state index is 6.65. The van der Waals surface area contributed by atoms with Crippen LogP contribution in [0.1, 0.15) is 49.8 Å². The van der Waals surface area contributed by atoms with Crippen molar-refractivity contribution in [2.75, 3.05) is 0 Å². The lowest BCUT2D eigenvalue weighted by atomic mass is 9.82. The number of halogens is 1. The van der Waals surface area contributed by atoms with Gasteiger partial charge in [0.15, 0.2) is 5.72 Å². The topological polar surface area (TPSA) is 24.5 Å².